The number of ketones is 1. The molecule has 0 unspecified atom stereocenters. The molecule has 7 heteroatoms. The largest absolute Gasteiger partial charge is 0.484 e. The maximum absolute atomic E-state index is 13.0. The van der Waals surface area contributed by atoms with Crippen molar-refractivity contribution in [1.82, 2.24) is 0 Å². The molecule has 0 saturated carbocycles. The van der Waals surface area contributed by atoms with E-state index in [1.165, 1.54) is 24.3 Å². The number of furan rings is 1. The minimum atomic E-state index is -0.490. The Morgan fingerprint density at radius 2 is 1.67 bits per heavy atom. The molecular weight excluding hydrogens is 409 g/mol. The van der Waals surface area contributed by atoms with Crippen LogP contribution in [0.25, 0.3) is 11.0 Å². The molecule has 1 N–H and O–H groups in total. The zero-order chi connectivity index (χ0) is 21.1. The second-order valence-electron chi connectivity index (χ2n) is 6.43. The lowest BCUT2D eigenvalue weighted by atomic mass is 10.1. The molecule has 0 saturated heterocycles. The normalized spacial score (nSPS) is 10.7. The predicted molar refractivity (Wildman–Crippen MR) is 112 cm³/mol. The molecule has 0 aliphatic rings. The standard InChI is InChI=1S/C23H15ClFNO4/c24-15-7-5-14(6-8-15)22(28)23-21(18-3-1-2-4-19(18)30-23)26-20(27)13-29-17-11-9-16(25)10-12-17/h1-12H,13H2,(H,26,27). The van der Waals surface area contributed by atoms with Crippen molar-refractivity contribution in [3.63, 3.8) is 0 Å². The minimum absolute atomic E-state index is 0.00801. The number of ether oxygens (including phenoxy) is 1. The van der Waals surface area contributed by atoms with E-state index < -0.39 is 17.5 Å². The number of fused-ring (bicyclic) bond motifs is 1. The number of para-hydroxylation sites is 1. The summed E-state index contributed by atoms with van der Waals surface area (Å²) in [6, 6.07) is 18.7. The number of amides is 1. The van der Waals surface area contributed by atoms with Crippen molar-refractivity contribution in [3.8, 4) is 5.75 Å². The van der Waals surface area contributed by atoms with Gasteiger partial charge in [-0.05, 0) is 60.7 Å². The first-order chi connectivity index (χ1) is 14.5. The predicted octanol–water partition coefficient (Wildman–Crippen LogP) is 5.47. The first-order valence-corrected chi connectivity index (χ1v) is 9.39. The van der Waals surface area contributed by atoms with Crippen LogP contribution in [0.2, 0.25) is 5.02 Å². The molecule has 0 radical (unpaired) electrons. The Morgan fingerprint density at radius 3 is 2.40 bits per heavy atom. The molecule has 5 nitrogen and oxygen atoms in total. The second-order valence-corrected chi connectivity index (χ2v) is 6.87. The Balaban J connectivity index is 1.59. The van der Waals surface area contributed by atoms with Gasteiger partial charge in [0.05, 0.1) is 5.69 Å². The SMILES string of the molecule is O=C(COc1ccc(F)cc1)Nc1c(C(=O)c2ccc(Cl)cc2)oc2ccccc12. The summed E-state index contributed by atoms with van der Waals surface area (Å²) in [6.45, 7) is -0.320. The summed E-state index contributed by atoms with van der Waals surface area (Å²) >= 11 is 5.89. The zero-order valence-corrected chi connectivity index (χ0v) is 16.3. The summed E-state index contributed by atoms with van der Waals surface area (Å²) < 4.78 is 24.1. The number of halogens is 2. The Morgan fingerprint density at radius 1 is 0.967 bits per heavy atom. The van der Waals surface area contributed by atoms with Crippen LogP contribution >= 0.6 is 11.6 Å². The van der Waals surface area contributed by atoms with Crippen molar-refractivity contribution < 1.29 is 23.1 Å². The van der Waals surface area contributed by atoms with Crippen LogP contribution in [0.1, 0.15) is 16.1 Å². The fourth-order valence-corrected chi connectivity index (χ4v) is 3.04. The van der Waals surface area contributed by atoms with Crippen LogP contribution in [-0.2, 0) is 4.79 Å². The van der Waals surface area contributed by atoms with Gasteiger partial charge in [0.15, 0.2) is 12.4 Å². The van der Waals surface area contributed by atoms with Crippen LogP contribution in [0.5, 0.6) is 5.75 Å². The van der Waals surface area contributed by atoms with Crippen molar-refractivity contribution in [2.24, 2.45) is 0 Å². The summed E-state index contributed by atoms with van der Waals surface area (Å²) in [7, 11) is 0. The lowest BCUT2D eigenvalue weighted by molar-refractivity contribution is -0.118. The van der Waals surface area contributed by atoms with Gasteiger partial charge in [-0.25, -0.2) is 4.39 Å². The molecule has 4 rings (SSSR count). The highest BCUT2D eigenvalue weighted by molar-refractivity contribution is 6.30. The van der Waals surface area contributed by atoms with Crippen LogP contribution in [-0.4, -0.2) is 18.3 Å². The summed E-state index contributed by atoms with van der Waals surface area (Å²) in [5, 5.41) is 3.79. The van der Waals surface area contributed by atoms with Gasteiger partial charge in [-0.1, -0.05) is 23.7 Å². The van der Waals surface area contributed by atoms with Crippen molar-refractivity contribution in [2.75, 3.05) is 11.9 Å². The number of nitrogens with one attached hydrogen (secondary N) is 1. The van der Waals surface area contributed by atoms with Gasteiger partial charge >= 0.3 is 0 Å². The number of hydrogen-bond acceptors (Lipinski definition) is 4. The maximum Gasteiger partial charge on any atom is 0.262 e. The Hall–Kier alpha value is -3.64. The van der Waals surface area contributed by atoms with Crippen molar-refractivity contribution in [2.45, 2.75) is 0 Å². The third kappa shape index (κ3) is 4.18. The molecule has 1 aromatic heterocycles. The van der Waals surface area contributed by atoms with Crippen LogP contribution in [0.15, 0.2) is 77.2 Å². The monoisotopic (exact) mass is 423 g/mol. The van der Waals surface area contributed by atoms with Crippen molar-refractivity contribution in [1.29, 1.82) is 0 Å². The maximum atomic E-state index is 13.0. The van der Waals surface area contributed by atoms with E-state index in [1.807, 2.05) is 0 Å². The van der Waals surface area contributed by atoms with Gasteiger partial charge in [-0.15, -0.1) is 0 Å². The molecule has 150 valence electrons. The minimum Gasteiger partial charge on any atom is -0.484 e. The van der Waals surface area contributed by atoms with E-state index in [0.29, 0.717) is 27.3 Å². The van der Waals surface area contributed by atoms with Crippen LogP contribution < -0.4 is 10.1 Å². The van der Waals surface area contributed by atoms with E-state index in [4.69, 9.17) is 20.8 Å². The van der Waals surface area contributed by atoms with Gasteiger partial charge in [-0.3, -0.25) is 9.59 Å². The van der Waals surface area contributed by atoms with Gasteiger partial charge < -0.3 is 14.5 Å². The fraction of sp³-hybridized carbons (Fsp3) is 0.0435. The number of carbonyl (C=O) groups is 2. The molecule has 0 aliphatic carbocycles. The highest BCUT2D eigenvalue weighted by Crippen LogP contribution is 2.32. The van der Waals surface area contributed by atoms with E-state index in [-0.39, 0.29) is 18.1 Å². The van der Waals surface area contributed by atoms with E-state index in [1.54, 1.807) is 48.5 Å². The highest BCUT2D eigenvalue weighted by atomic mass is 35.5. The number of hydrogen-bond donors (Lipinski definition) is 1. The van der Waals surface area contributed by atoms with E-state index in [9.17, 15) is 14.0 Å². The molecule has 0 atom stereocenters. The molecule has 0 spiro atoms. The quantitative estimate of drug-likeness (QED) is 0.417. The molecule has 3 aromatic carbocycles. The third-order valence-electron chi connectivity index (χ3n) is 4.36. The summed E-state index contributed by atoms with van der Waals surface area (Å²) in [4.78, 5) is 25.5. The number of rotatable bonds is 6. The highest BCUT2D eigenvalue weighted by Gasteiger charge is 2.23. The fourth-order valence-electron chi connectivity index (χ4n) is 2.92. The zero-order valence-electron chi connectivity index (χ0n) is 15.5. The summed E-state index contributed by atoms with van der Waals surface area (Å²) in [5.41, 5.74) is 1.10. The smallest absolute Gasteiger partial charge is 0.262 e. The topological polar surface area (TPSA) is 68.5 Å². The Labute approximate surface area is 176 Å². The second kappa shape index (κ2) is 8.39. The van der Waals surface area contributed by atoms with E-state index >= 15 is 0 Å². The molecule has 30 heavy (non-hydrogen) atoms. The lowest BCUT2D eigenvalue weighted by Crippen LogP contribution is -2.21. The molecule has 0 bridgehead atoms. The van der Waals surface area contributed by atoms with Gasteiger partial charge in [0, 0.05) is 16.0 Å². The number of anilines is 1. The van der Waals surface area contributed by atoms with Crippen LogP contribution in [0.4, 0.5) is 10.1 Å². The van der Waals surface area contributed by atoms with Crippen molar-refractivity contribution >= 4 is 39.9 Å². The van der Waals surface area contributed by atoms with Gasteiger partial charge in [0.1, 0.15) is 17.1 Å². The summed E-state index contributed by atoms with van der Waals surface area (Å²) in [5.74, 6) is -0.926. The van der Waals surface area contributed by atoms with Crippen molar-refractivity contribution in [3.05, 3.63) is 95.0 Å². The Bertz CT molecular complexity index is 1220. The average molecular weight is 424 g/mol. The summed E-state index contributed by atoms with van der Waals surface area (Å²) in [6.07, 6.45) is 0. The molecule has 1 amide bonds. The first-order valence-electron chi connectivity index (χ1n) is 9.01. The molecular formula is C23H15ClFNO4. The molecule has 4 aromatic rings. The van der Waals surface area contributed by atoms with Gasteiger partial charge in [0.25, 0.3) is 5.91 Å². The van der Waals surface area contributed by atoms with Gasteiger partial charge in [-0.2, -0.15) is 0 Å². The molecule has 0 aliphatic heterocycles. The molecule has 1 heterocycles. The van der Waals surface area contributed by atoms with E-state index in [0.717, 1.165) is 0 Å². The lowest BCUT2D eigenvalue weighted by Gasteiger charge is -2.08. The van der Waals surface area contributed by atoms with E-state index in [2.05, 4.69) is 5.32 Å². The molecule has 0 fully saturated rings. The Kier molecular flexibility index (Phi) is 5.50. The number of benzene rings is 3. The first kappa shape index (κ1) is 19.7. The van der Waals surface area contributed by atoms with Crippen LogP contribution in [0.3, 0.4) is 0 Å². The third-order valence-corrected chi connectivity index (χ3v) is 4.61. The average Bonchev–Trinajstić information content (AvgIpc) is 3.12. The van der Waals surface area contributed by atoms with Gasteiger partial charge in [0.2, 0.25) is 5.78 Å². The van der Waals surface area contributed by atoms with Crippen LogP contribution in [0, 0.1) is 5.82 Å². The number of carbonyl (C=O) groups excluding carboxylic acids is 2.